The van der Waals surface area contributed by atoms with E-state index in [-0.39, 0.29) is 0 Å². The van der Waals surface area contributed by atoms with Crippen LogP contribution in [0.4, 0.5) is 0 Å². The molecule has 0 nitrogen and oxygen atoms in total. The first-order valence-corrected chi connectivity index (χ1v) is 13.8. The molecule has 168 valence electrons. The highest BCUT2D eigenvalue weighted by atomic mass is 79.9. The minimum atomic E-state index is 1.16. The highest BCUT2D eigenvalue weighted by molar-refractivity contribution is 9.10. The van der Waals surface area contributed by atoms with E-state index >= 15 is 0 Å². The summed E-state index contributed by atoms with van der Waals surface area (Å²) in [7, 11) is 0. The van der Waals surface area contributed by atoms with Crippen LogP contribution >= 0.6 is 27.3 Å². The van der Waals surface area contributed by atoms with Crippen LogP contribution in [0.5, 0.6) is 0 Å². The molecule has 0 spiro atoms. The molecule has 0 saturated carbocycles. The molecular weight excluding hydrogens is 520 g/mol. The van der Waals surface area contributed by atoms with Crippen LogP contribution < -0.4 is 0 Å². The molecule has 36 heavy (non-hydrogen) atoms. The third kappa shape index (κ3) is 2.69. The predicted molar refractivity (Wildman–Crippen MR) is 162 cm³/mol. The van der Waals surface area contributed by atoms with E-state index in [1.165, 1.54) is 74.4 Å². The lowest BCUT2D eigenvalue weighted by atomic mass is 9.88. The summed E-state index contributed by atoms with van der Waals surface area (Å²) in [5.41, 5.74) is 2.62. The van der Waals surface area contributed by atoms with Crippen LogP contribution in [0, 0.1) is 0 Å². The smallest absolute Gasteiger partial charge is 0.0440 e. The van der Waals surface area contributed by atoms with Crippen molar-refractivity contribution in [2.24, 2.45) is 0 Å². The van der Waals surface area contributed by atoms with Crippen molar-refractivity contribution in [3.8, 4) is 11.1 Å². The van der Waals surface area contributed by atoms with E-state index < -0.39 is 0 Å². The van der Waals surface area contributed by atoms with E-state index in [1.807, 2.05) is 11.3 Å². The molecule has 0 aliphatic rings. The first-order valence-electron chi connectivity index (χ1n) is 12.2. The summed E-state index contributed by atoms with van der Waals surface area (Å²) in [6.07, 6.45) is 0. The first kappa shape index (κ1) is 20.5. The summed E-state index contributed by atoms with van der Waals surface area (Å²) in [6, 6.07) is 42.1. The number of halogens is 1. The maximum Gasteiger partial charge on any atom is 0.0440 e. The van der Waals surface area contributed by atoms with Gasteiger partial charge in [0.15, 0.2) is 0 Å². The normalized spacial score (nSPS) is 12.0. The van der Waals surface area contributed by atoms with Gasteiger partial charge < -0.3 is 0 Å². The van der Waals surface area contributed by atoms with E-state index in [2.05, 4.69) is 131 Å². The molecule has 2 heteroatoms. The largest absolute Gasteiger partial charge is 0.134 e. The van der Waals surface area contributed by atoms with Crippen molar-refractivity contribution in [1.82, 2.24) is 0 Å². The lowest BCUT2D eigenvalue weighted by molar-refractivity contribution is 1.71. The Kier molecular flexibility index (Phi) is 4.34. The summed E-state index contributed by atoms with van der Waals surface area (Å²) < 4.78 is 3.87. The lowest BCUT2D eigenvalue weighted by Crippen LogP contribution is -1.88. The van der Waals surface area contributed by atoms with E-state index in [0.717, 1.165) is 4.47 Å². The second-order valence-corrected chi connectivity index (χ2v) is 11.2. The van der Waals surface area contributed by atoms with Gasteiger partial charge in [0, 0.05) is 30.0 Å². The summed E-state index contributed by atoms with van der Waals surface area (Å²) >= 11 is 5.85. The van der Waals surface area contributed by atoms with Gasteiger partial charge in [-0.2, -0.15) is 0 Å². The standard InChI is InChI=1S/C34H19BrS/c35-33-25-15-6-4-13-23(25)30(24-14-5-7-16-26(24)33)28-18-9-19-29-31(28)32-22-12-3-1-10-20(22)21-11-2-8-17-27(21)34(32)36-29/h1-19H. The molecule has 7 aromatic carbocycles. The Hall–Kier alpha value is -3.72. The van der Waals surface area contributed by atoms with E-state index in [4.69, 9.17) is 0 Å². The zero-order valence-electron chi connectivity index (χ0n) is 19.3. The lowest BCUT2D eigenvalue weighted by Gasteiger charge is -2.16. The molecule has 1 aromatic heterocycles. The van der Waals surface area contributed by atoms with E-state index in [0.29, 0.717) is 0 Å². The molecular formula is C34H19BrS. The highest BCUT2D eigenvalue weighted by Gasteiger charge is 2.20. The van der Waals surface area contributed by atoms with Crippen molar-refractivity contribution in [1.29, 1.82) is 0 Å². The summed E-state index contributed by atoms with van der Waals surface area (Å²) in [6.45, 7) is 0. The van der Waals surface area contributed by atoms with Gasteiger partial charge in [0.1, 0.15) is 0 Å². The molecule has 0 saturated heterocycles. The van der Waals surface area contributed by atoms with Crippen molar-refractivity contribution in [2.75, 3.05) is 0 Å². The third-order valence-electron chi connectivity index (χ3n) is 7.51. The molecule has 0 N–H and O–H groups in total. The van der Waals surface area contributed by atoms with Crippen molar-refractivity contribution in [3.63, 3.8) is 0 Å². The molecule has 0 radical (unpaired) electrons. The van der Waals surface area contributed by atoms with Crippen LogP contribution in [0.15, 0.2) is 120 Å². The van der Waals surface area contributed by atoms with Crippen LogP contribution in [0.2, 0.25) is 0 Å². The Morgan fingerprint density at radius 1 is 0.417 bits per heavy atom. The van der Waals surface area contributed by atoms with E-state index in [1.54, 1.807) is 0 Å². The number of fused-ring (bicyclic) bond motifs is 10. The minimum Gasteiger partial charge on any atom is -0.134 e. The number of rotatable bonds is 1. The number of hydrogen-bond donors (Lipinski definition) is 0. The predicted octanol–water partition coefficient (Wildman–Crippen LogP) is 11.1. The summed E-state index contributed by atoms with van der Waals surface area (Å²) in [5.74, 6) is 0. The molecule has 0 unspecified atom stereocenters. The average Bonchev–Trinajstić information content (AvgIpc) is 3.34. The molecule has 1 heterocycles. The minimum absolute atomic E-state index is 1.16. The number of benzene rings is 7. The van der Waals surface area contributed by atoms with Crippen LogP contribution in [0.1, 0.15) is 0 Å². The van der Waals surface area contributed by atoms with Gasteiger partial charge >= 0.3 is 0 Å². The van der Waals surface area contributed by atoms with Crippen molar-refractivity contribution in [2.45, 2.75) is 0 Å². The molecule has 8 rings (SSSR count). The number of hydrogen-bond acceptors (Lipinski definition) is 1. The fourth-order valence-electron chi connectivity index (χ4n) is 6.02. The van der Waals surface area contributed by atoms with Gasteiger partial charge in [0.05, 0.1) is 0 Å². The number of thiophene rings is 1. The Bertz CT molecular complexity index is 2110. The van der Waals surface area contributed by atoms with Gasteiger partial charge in [-0.1, -0.05) is 109 Å². The van der Waals surface area contributed by atoms with Crippen molar-refractivity contribution in [3.05, 3.63) is 120 Å². The summed E-state index contributed by atoms with van der Waals surface area (Å²) in [4.78, 5) is 0. The van der Waals surface area contributed by atoms with Crippen LogP contribution in [0.25, 0.3) is 74.4 Å². The van der Waals surface area contributed by atoms with Gasteiger partial charge in [-0.15, -0.1) is 11.3 Å². The monoisotopic (exact) mass is 538 g/mol. The molecule has 0 atom stereocenters. The Morgan fingerprint density at radius 3 is 1.56 bits per heavy atom. The summed E-state index contributed by atoms with van der Waals surface area (Å²) in [5, 5.41) is 13.1. The van der Waals surface area contributed by atoms with E-state index in [9.17, 15) is 0 Å². The fraction of sp³-hybridized carbons (Fsp3) is 0. The van der Waals surface area contributed by atoms with Crippen molar-refractivity contribution >= 4 is 90.5 Å². The Morgan fingerprint density at radius 2 is 0.917 bits per heavy atom. The molecule has 0 amide bonds. The van der Waals surface area contributed by atoms with Gasteiger partial charge in [-0.3, -0.25) is 0 Å². The molecule has 0 aliphatic carbocycles. The molecule has 0 aliphatic heterocycles. The topological polar surface area (TPSA) is 0 Å². The van der Waals surface area contributed by atoms with Crippen LogP contribution in [0.3, 0.4) is 0 Å². The molecule has 0 fully saturated rings. The third-order valence-corrected chi connectivity index (χ3v) is 9.55. The Balaban J connectivity index is 1.67. The van der Waals surface area contributed by atoms with Crippen LogP contribution in [-0.2, 0) is 0 Å². The molecule has 8 aromatic rings. The van der Waals surface area contributed by atoms with Gasteiger partial charge in [0.2, 0.25) is 0 Å². The Labute approximate surface area is 220 Å². The van der Waals surface area contributed by atoms with Gasteiger partial charge in [0.25, 0.3) is 0 Å². The first-order chi connectivity index (χ1) is 17.8. The highest BCUT2D eigenvalue weighted by Crippen LogP contribution is 2.49. The van der Waals surface area contributed by atoms with Crippen molar-refractivity contribution < 1.29 is 0 Å². The fourth-order valence-corrected chi connectivity index (χ4v) is 8.00. The SMILES string of the molecule is Brc1c2ccccc2c(-c2cccc3sc4c5ccccc5c5ccccc5c4c23)c2ccccc12. The van der Waals surface area contributed by atoms with Gasteiger partial charge in [-0.25, -0.2) is 0 Å². The second-order valence-electron chi connectivity index (χ2n) is 9.36. The maximum atomic E-state index is 3.93. The zero-order valence-corrected chi connectivity index (χ0v) is 21.7. The average molecular weight is 539 g/mol. The van der Waals surface area contributed by atoms with Crippen LogP contribution in [-0.4, -0.2) is 0 Å². The quantitative estimate of drug-likeness (QED) is 0.144. The zero-order chi connectivity index (χ0) is 23.8. The molecule has 0 bridgehead atoms. The van der Waals surface area contributed by atoms with Gasteiger partial charge in [-0.05, 0) is 70.8 Å². The second kappa shape index (κ2) is 7.64. The maximum absolute atomic E-state index is 3.93.